The largest absolute Gasteiger partial charge is 0.385 e. The molecular weight excluding hydrogens is 373 g/mol. The third kappa shape index (κ3) is 5.45. The molecule has 1 fully saturated rings. The van der Waals surface area contributed by atoms with E-state index in [1.165, 1.54) is 31.7 Å². The third-order valence-corrected chi connectivity index (χ3v) is 5.44. The summed E-state index contributed by atoms with van der Waals surface area (Å²) in [6, 6.07) is 5.15. The molecule has 0 amide bonds. The number of benzene rings is 1. The van der Waals surface area contributed by atoms with Crippen LogP contribution in [0.4, 0.5) is 4.39 Å². The van der Waals surface area contributed by atoms with Gasteiger partial charge >= 0.3 is 0 Å². The number of hydrogen-bond acceptors (Lipinski definition) is 2. The fraction of sp³-hybridized carbons (Fsp3) is 0.611. The average molecular weight is 400 g/mol. The third-order valence-electron chi connectivity index (χ3n) is 4.80. The summed E-state index contributed by atoms with van der Waals surface area (Å²) in [5, 5.41) is 6.69. The van der Waals surface area contributed by atoms with Crippen molar-refractivity contribution in [3.05, 3.63) is 34.1 Å². The van der Waals surface area contributed by atoms with Crippen molar-refractivity contribution in [2.75, 3.05) is 27.3 Å². The lowest BCUT2D eigenvalue weighted by molar-refractivity contribution is 0.138. The Bertz CT molecular complexity index is 559. The maximum absolute atomic E-state index is 13.6. The first-order chi connectivity index (χ1) is 11.6. The van der Waals surface area contributed by atoms with Gasteiger partial charge in [0.25, 0.3) is 0 Å². The summed E-state index contributed by atoms with van der Waals surface area (Å²) in [5.74, 6) is 0.503. The van der Waals surface area contributed by atoms with Gasteiger partial charge in [-0.3, -0.25) is 4.99 Å². The Morgan fingerprint density at radius 3 is 2.71 bits per heavy atom. The van der Waals surface area contributed by atoms with Crippen molar-refractivity contribution in [3.63, 3.8) is 0 Å². The average Bonchev–Trinajstić information content (AvgIpc) is 3.05. The van der Waals surface area contributed by atoms with Gasteiger partial charge in [0, 0.05) is 33.9 Å². The van der Waals surface area contributed by atoms with Gasteiger partial charge in [-0.1, -0.05) is 18.9 Å². The second-order valence-electron chi connectivity index (χ2n) is 6.48. The van der Waals surface area contributed by atoms with E-state index in [4.69, 9.17) is 4.74 Å². The summed E-state index contributed by atoms with van der Waals surface area (Å²) in [6.45, 7) is 2.23. The highest BCUT2D eigenvalue weighted by Crippen LogP contribution is 2.40. The van der Waals surface area contributed by atoms with Gasteiger partial charge in [-0.2, -0.15) is 0 Å². The monoisotopic (exact) mass is 399 g/mol. The first-order valence-corrected chi connectivity index (χ1v) is 9.25. The smallest absolute Gasteiger partial charge is 0.191 e. The minimum Gasteiger partial charge on any atom is -0.385 e. The Labute approximate surface area is 152 Å². The molecule has 24 heavy (non-hydrogen) atoms. The molecule has 0 unspecified atom stereocenters. The number of methoxy groups -OCH3 is 1. The van der Waals surface area contributed by atoms with E-state index in [0.29, 0.717) is 16.4 Å². The zero-order chi connectivity index (χ0) is 17.4. The zero-order valence-corrected chi connectivity index (χ0v) is 16.1. The molecule has 0 aliphatic heterocycles. The van der Waals surface area contributed by atoms with Crippen molar-refractivity contribution >= 4 is 21.9 Å². The molecule has 2 N–H and O–H groups in total. The maximum atomic E-state index is 13.6. The minimum atomic E-state index is -0.248. The summed E-state index contributed by atoms with van der Waals surface area (Å²) < 4.78 is 19.3. The highest BCUT2D eigenvalue weighted by atomic mass is 79.9. The summed E-state index contributed by atoms with van der Waals surface area (Å²) in [6.07, 6.45) is 6.12. The molecule has 1 aromatic rings. The number of nitrogens with one attached hydrogen (secondary N) is 2. The van der Waals surface area contributed by atoms with Gasteiger partial charge in [-0.15, -0.1) is 0 Å². The lowest BCUT2D eigenvalue weighted by Crippen LogP contribution is -2.43. The van der Waals surface area contributed by atoms with Gasteiger partial charge in [0.05, 0.1) is 4.47 Å². The van der Waals surface area contributed by atoms with E-state index in [1.54, 1.807) is 20.2 Å². The van der Waals surface area contributed by atoms with Crippen LogP contribution in [-0.2, 0) is 11.3 Å². The molecule has 0 radical (unpaired) electrons. The second kappa shape index (κ2) is 9.37. The van der Waals surface area contributed by atoms with Gasteiger partial charge in [0.15, 0.2) is 5.96 Å². The predicted molar refractivity (Wildman–Crippen MR) is 99.7 cm³/mol. The molecule has 0 bridgehead atoms. The summed E-state index contributed by atoms with van der Waals surface area (Å²) >= 11 is 3.17. The number of rotatable bonds is 7. The Hall–Kier alpha value is -1.14. The predicted octanol–water partition coefficient (Wildman–Crippen LogP) is 3.85. The van der Waals surface area contributed by atoms with Crippen LogP contribution in [0.25, 0.3) is 0 Å². The van der Waals surface area contributed by atoms with E-state index in [-0.39, 0.29) is 5.82 Å². The molecule has 0 spiro atoms. The number of ether oxygens (including phenoxy) is 1. The van der Waals surface area contributed by atoms with Crippen LogP contribution >= 0.6 is 15.9 Å². The van der Waals surface area contributed by atoms with E-state index < -0.39 is 0 Å². The van der Waals surface area contributed by atoms with E-state index in [2.05, 4.69) is 31.6 Å². The number of aliphatic imine (C=N–C) groups is 1. The molecule has 1 aliphatic rings. The van der Waals surface area contributed by atoms with E-state index in [9.17, 15) is 4.39 Å². The fourth-order valence-electron chi connectivity index (χ4n) is 3.29. The molecule has 134 valence electrons. The van der Waals surface area contributed by atoms with Gasteiger partial charge in [-0.05, 0) is 58.3 Å². The Morgan fingerprint density at radius 2 is 2.08 bits per heavy atom. The quantitative estimate of drug-likeness (QED) is 0.540. The lowest BCUT2D eigenvalue weighted by Gasteiger charge is -2.30. The normalized spacial score (nSPS) is 17.1. The number of hydrogen-bond donors (Lipinski definition) is 2. The van der Waals surface area contributed by atoms with Crippen LogP contribution in [0.1, 0.15) is 37.7 Å². The first kappa shape index (κ1) is 19.2. The van der Waals surface area contributed by atoms with E-state index >= 15 is 0 Å². The van der Waals surface area contributed by atoms with Crippen LogP contribution in [-0.4, -0.2) is 33.3 Å². The standard InChI is InChI=1S/C18H27BrFN3O/c1-21-17(22-12-14-5-6-15(19)16(20)11-14)23-13-18(9-10-24-2)7-3-4-8-18/h5-6,11H,3-4,7-10,12-13H2,1-2H3,(H2,21,22,23). The second-order valence-corrected chi connectivity index (χ2v) is 7.33. The molecular formula is C18H27BrFN3O. The molecule has 0 aromatic heterocycles. The van der Waals surface area contributed by atoms with Crippen molar-refractivity contribution in [1.29, 1.82) is 0 Å². The van der Waals surface area contributed by atoms with Crippen molar-refractivity contribution in [2.45, 2.75) is 38.6 Å². The number of halogens is 2. The Kier molecular flexibility index (Phi) is 7.49. The molecule has 1 saturated carbocycles. The Morgan fingerprint density at radius 1 is 1.33 bits per heavy atom. The topological polar surface area (TPSA) is 45.7 Å². The lowest BCUT2D eigenvalue weighted by atomic mass is 9.83. The van der Waals surface area contributed by atoms with Crippen LogP contribution in [0.15, 0.2) is 27.7 Å². The summed E-state index contributed by atoms with van der Waals surface area (Å²) in [7, 11) is 3.52. The maximum Gasteiger partial charge on any atom is 0.191 e. The Balaban J connectivity index is 1.86. The van der Waals surface area contributed by atoms with Crippen molar-refractivity contribution in [1.82, 2.24) is 10.6 Å². The van der Waals surface area contributed by atoms with Gasteiger partial charge in [0.1, 0.15) is 5.82 Å². The van der Waals surface area contributed by atoms with E-state index in [1.807, 2.05) is 6.07 Å². The molecule has 0 heterocycles. The van der Waals surface area contributed by atoms with Crippen LogP contribution in [0, 0.1) is 11.2 Å². The van der Waals surface area contributed by atoms with Gasteiger partial charge in [-0.25, -0.2) is 4.39 Å². The van der Waals surface area contributed by atoms with Gasteiger partial charge in [0.2, 0.25) is 0 Å². The molecule has 4 nitrogen and oxygen atoms in total. The minimum absolute atomic E-state index is 0.248. The van der Waals surface area contributed by atoms with Gasteiger partial charge < -0.3 is 15.4 Å². The molecule has 0 saturated heterocycles. The number of guanidine groups is 1. The molecule has 1 aromatic carbocycles. The van der Waals surface area contributed by atoms with Crippen LogP contribution < -0.4 is 10.6 Å². The fourth-order valence-corrected chi connectivity index (χ4v) is 3.53. The molecule has 0 atom stereocenters. The highest BCUT2D eigenvalue weighted by Gasteiger charge is 2.33. The van der Waals surface area contributed by atoms with Crippen molar-refractivity contribution < 1.29 is 9.13 Å². The number of nitrogens with zero attached hydrogens (tertiary/aromatic N) is 1. The molecule has 1 aliphatic carbocycles. The zero-order valence-electron chi connectivity index (χ0n) is 14.5. The van der Waals surface area contributed by atoms with Crippen molar-refractivity contribution in [3.8, 4) is 0 Å². The molecule has 6 heteroatoms. The van der Waals surface area contributed by atoms with E-state index in [0.717, 1.165) is 31.1 Å². The van der Waals surface area contributed by atoms with Crippen LogP contribution in [0.2, 0.25) is 0 Å². The summed E-state index contributed by atoms with van der Waals surface area (Å²) in [5.41, 5.74) is 1.19. The SMILES string of the molecule is CN=C(NCc1ccc(Br)c(F)c1)NCC1(CCOC)CCCC1. The van der Waals surface area contributed by atoms with Crippen LogP contribution in [0.5, 0.6) is 0 Å². The van der Waals surface area contributed by atoms with Crippen molar-refractivity contribution in [2.24, 2.45) is 10.4 Å². The highest BCUT2D eigenvalue weighted by molar-refractivity contribution is 9.10. The molecule has 2 rings (SSSR count). The first-order valence-electron chi connectivity index (χ1n) is 8.46. The van der Waals surface area contributed by atoms with Crippen LogP contribution in [0.3, 0.4) is 0 Å². The summed E-state index contributed by atoms with van der Waals surface area (Å²) in [4.78, 5) is 4.28.